The molecule has 1 aromatic carbocycles. The van der Waals surface area contributed by atoms with Crippen LogP contribution in [-0.4, -0.2) is 30.8 Å². The highest BCUT2D eigenvalue weighted by atomic mass is 16.5. The predicted octanol–water partition coefficient (Wildman–Crippen LogP) is 3.97. The van der Waals surface area contributed by atoms with E-state index in [2.05, 4.69) is 33.6 Å². The summed E-state index contributed by atoms with van der Waals surface area (Å²) in [5.41, 5.74) is 6.93. The summed E-state index contributed by atoms with van der Waals surface area (Å²) in [6.45, 7) is 7.46. The van der Waals surface area contributed by atoms with E-state index in [0.29, 0.717) is 6.04 Å². The number of aromatic nitrogens is 1. The highest BCUT2D eigenvalue weighted by molar-refractivity contribution is 5.52. The predicted molar refractivity (Wildman–Crippen MR) is 106 cm³/mol. The summed E-state index contributed by atoms with van der Waals surface area (Å²) in [7, 11) is 0. The molecule has 4 heteroatoms. The molecule has 4 nitrogen and oxygen atoms in total. The van der Waals surface area contributed by atoms with E-state index in [9.17, 15) is 0 Å². The van der Waals surface area contributed by atoms with Gasteiger partial charge in [-0.15, -0.1) is 0 Å². The molecule has 26 heavy (non-hydrogen) atoms. The molecule has 0 radical (unpaired) electrons. The zero-order valence-corrected chi connectivity index (χ0v) is 16.2. The van der Waals surface area contributed by atoms with E-state index in [1.807, 2.05) is 13.8 Å². The van der Waals surface area contributed by atoms with Crippen LogP contribution in [0.2, 0.25) is 0 Å². The van der Waals surface area contributed by atoms with Crippen molar-refractivity contribution in [2.24, 2.45) is 0 Å². The van der Waals surface area contributed by atoms with Crippen molar-refractivity contribution >= 4 is 5.69 Å². The Morgan fingerprint density at radius 3 is 2.73 bits per heavy atom. The minimum atomic E-state index is 0.658. The molecule has 1 saturated heterocycles. The Morgan fingerprint density at radius 1 is 1.15 bits per heavy atom. The van der Waals surface area contributed by atoms with Crippen molar-refractivity contribution < 1.29 is 4.52 Å². The van der Waals surface area contributed by atoms with Crippen LogP contribution in [0.25, 0.3) is 0 Å². The van der Waals surface area contributed by atoms with E-state index in [4.69, 9.17) is 4.52 Å². The molecule has 0 spiro atoms. The van der Waals surface area contributed by atoms with Crippen LogP contribution in [0.5, 0.6) is 0 Å². The number of rotatable bonds is 6. The van der Waals surface area contributed by atoms with E-state index >= 15 is 0 Å². The van der Waals surface area contributed by atoms with Gasteiger partial charge in [0.1, 0.15) is 5.76 Å². The summed E-state index contributed by atoms with van der Waals surface area (Å²) in [4.78, 5) is 2.57. The van der Waals surface area contributed by atoms with E-state index in [1.54, 1.807) is 11.1 Å². The summed E-state index contributed by atoms with van der Waals surface area (Å²) >= 11 is 0. The van der Waals surface area contributed by atoms with E-state index in [1.165, 1.54) is 56.4 Å². The minimum absolute atomic E-state index is 0.658. The average molecular weight is 354 g/mol. The average Bonchev–Trinajstić information content (AvgIpc) is 3.26. The van der Waals surface area contributed by atoms with Crippen molar-refractivity contribution in [3.05, 3.63) is 46.3 Å². The van der Waals surface area contributed by atoms with Gasteiger partial charge in [0.25, 0.3) is 0 Å². The Morgan fingerprint density at radius 2 is 1.96 bits per heavy atom. The molecule has 1 aliphatic carbocycles. The standard InChI is InChI=1S/C22H31N3O/c1-16-22(17(2)26-24-16)7-4-12-23-20-10-13-25(14-11-20)21-9-8-18-5-3-6-19(18)15-21/h8-9,15,20,23H,3-7,10-14H2,1-2H3. The normalized spacial score (nSPS) is 17.7. The van der Waals surface area contributed by atoms with Gasteiger partial charge in [0.05, 0.1) is 5.69 Å². The van der Waals surface area contributed by atoms with Crippen LogP contribution in [0.3, 0.4) is 0 Å². The lowest BCUT2D eigenvalue weighted by atomic mass is 10.0. The van der Waals surface area contributed by atoms with Crippen LogP contribution >= 0.6 is 0 Å². The molecule has 2 aromatic rings. The maximum Gasteiger partial charge on any atom is 0.137 e. The number of benzene rings is 1. The van der Waals surface area contributed by atoms with Gasteiger partial charge in [0.15, 0.2) is 0 Å². The Labute approximate surface area is 156 Å². The lowest BCUT2D eigenvalue weighted by Crippen LogP contribution is -2.42. The number of hydrogen-bond donors (Lipinski definition) is 1. The molecule has 0 bridgehead atoms. The summed E-state index contributed by atoms with van der Waals surface area (Å²) in [5.74, 6) is 0.977. The zero-order chi connectivity index (χ0) is 17.9. The van der Waals surface area contributed by atoms with E-state index in [0.717, 1.165) is 30.8 Å². The molecule has 2 heterocycles. The molecule has 140 valence electrons. The van der Waals surface area contributed by atoms with E-state index in [-0.39, 0.29) is 0 Å². The molecule has 1 fully saturated rings. The zero-order valence-electron chi connectivity index (χ0n) is 16.2. The summed E-state index contributed by atoms with van der Waals surface area (Å²) in [5, 5.41) is 7.80. The van der Waals surface area contributed by atoms with Gasteiger partial charge < -0.3 is 14.7 Å². The summed E-state index contributed by atoms with van der Waals surface area (Å²) in [6.07, 6.45) is 8.56. The minimum Gasteiger partial charge on any atom is -0.371 e. The number of hydrogen-bond acceptors (Lipinski definition) is 4. The second kappa shape index (κ2) is 7.83. The molecular formula is C22H31N3O. The molecule has 1 aromatic heterocycles. The number of fused-ring (bicyclic) bond motifs is 1. The lowest BCUT2D eigenvalue weighted by Gasteiger charge is -2.34. The first-order chi connectivity index (χ1) is 12.7. The number of aryl methyl sites for hydroxylation is 4. The molecule has 1 aliphatic heterocycles. The van der Waals surface area contributed by atoms with Crippen LogP contribution in [-0.2, 0) is 19.3 Å². The Hall–Kier alpha value is -1.81. The monoisotopic (exact) mass is 353 g/mol. The molecule has 0 amide bonds. The van der Waals surface area contributed by atoms with Gasteiger partial charge in [-0.3, -0.25) is 0 Å². The fourth-order valence-electron chi connectivity index (χ4n) is 4.53. The first kappa shape index (κ1) is 17.6. The molecule has 4 rings (SSSR count). The van der Waals surface area contributed by atoms with Crippen LogP contribution in [0.1, 0.15) is 53.8 Å². The van der Waals surface area contributed by atoms with Crippen molar-refractivity contribution in [3.8, 4) is 0 Å². The van der Waals surface area contributed by atoms with Crippen LogP contribution in [0.4, 0.5) is 5.69 Å². The second-order valence-electron chi connectivity index (χ2n) is 7.93. The van der Waals surface area contributed by atoms with Gasteiger partial charge >= 0.3 is 0 Å². The third-order valence-corrected chi connectivity index (χ3v) is 6.16. The molecule has 0 atom stereocenters. The Bertz CT molecular complexity index is 724. The molecule has 2 aliphatic rings. The highest BCUT2D eigenvalue weighted by Crippen LogP contribution is 2.28. The molecule has 1 N–H and O–H groups in total. The van der Waals surface area contributed by atoms with Gasteiger partial charge in [-0.05, 0) is 88.6 Å². The summed E-state index contributed by atoms with van der Waals surface area (Å²) < 4.78 is 5.25. The first-order valence-electron chi connectivity index (χ1n) is 10.2. The fourth-order valence-corrected chi connectivity index (χ4v) is 4.53. The lowest BCUT2D eigenvalue weighted by molar-refractivity contribution is 0.391. The van der Waals surface area contributed by atoms with Crippen LogP contribution < -0.4 is 10.2 Å². The Balaban J connectivity index is 1.20. The third kappa shape index (κ3) is 3.80. The van der Waals surface area contributed by atoms with Gasteiger partial charge in [-0.25, -0.2) is 0 Å². The van der Waals surface area contributed by atoms with Crippen molar-refractivity contribution in [1.29, 1.82) is 0 Å². The summed E-state index contributed by atoms with van der Waals surface area (Å²) in [6, 6.07) is 7.79. The molecular weight excluding hydrogens is 322 g/mol. The van der Waals surface area contributed by atoms with E-state index < -0.39 is 0 Å². The van der Waals surface area contributed by atoms with Gasteiger partial charge in [0, 0.05) is 30.4 Å². The SMILES string of the molecule is Cc1noc(C)c1CCCNC1CCN(c2ccc3c(c2)CCC3)CC1. The maximum atomic E-state index is 5.25. The van der Waals surface area contributed by atoms with Gasteiger partial charge in [-0.1, -0.05) is 11.2 Å². The largest absolute Gasteiger partial charge is 0.371 e. The fraction of sp³-hybridized carbons (Fsp3) is 0.591. The van der Waals surface area contributed by atoms with Crippen molar-refractivity contribution in [3.63, 3.8) is 0 Å². The van der Waals surface area contributed by atoms with Crippen molar-refractivity contribution in [1.82, 2.24) is 10.5 Å². The number of nitrogens with one attached hydrogen (secondary N) is 1. The third-order valence-electron chi connectivity index (χ3n) is 6.16. The number of anilines is 1. The first-order valence-corrected chi connectivity index (χ1v) is 10.2. The molecule has 0 unspecified atom stereocenters. The van der Waals surface area contributed by atoms with Crippen LogP contribution in [0.15, 0.2) is 22.7 Å². The highest BCUT2D eigenvalue weighted by Gasteiger charge is 2.20. The molecule has 0 saturated carbocycles. The van der Waals surface area contributed by atoms with Crippen molar-refractivity contribution in [2.75, 3.05) is 24.5 Å². The van der Waals surface area contributed by atoms with Crippen molar-refractivity contribution in [2.45, 2.75) is 64.8 Å². The topological polar surface area (TPSA) is 41.3 Å². The number of piperidine rings is 1. The van der Waals surface area contributed by atoms with Crippen LogP contribution in [0, 0.1) is 13.8 Å². The second-order valence-corrected chi connectivity index (χ2v) is 7.93. The Kier molecular flexibility index (Phi) is 5.30. The van der Waals surface area contributed by atoms with Gasteiger partial charge in [0.2, 0.25) is 0 Å². The number of nitrogens with zero attached hydrogens (tertiary/aromatic N) is 2. The maximum absolute atomic E-state index is 5.25. The quantitative estimate of drug-likeness (QED) is 0.798. The van der Waals surface area contributed by atoms with Gasteiger partial charge in [-0.2, -0.15) is 0 Å². The smallest absolute Gasteiger partial charge is 0.137 e.